The van der Waals surface area contributed by atoms with E-state index in [2.05, 4.69) is 34.4 Å². The zero-order valence-corrected chi connectivity index (χ0v) is 26.5. The summed E-state index contributed by atoms with van der Waals surface area (Å²) < 4.78 is 4.64. The molecule has 0 fully saturated rings. The summed E-state index contributed by atoms with van der Waals surface area (Å²) in [6.07, 6.45) is 20.3. The van der Waals surface area contributed by atoms with Crippen LogP contribution in [0.25, 0.3) is 0 Å². The van der Waals surface area contributed by atoms with Crippen LogP contribution in [0.1, 0.15) is 71.1 Å². The standard InChI is InChI=1S/C31H49N3O9S/c1-3-4-5-6-7-8-9-10-11-12-13-14-17-26(25(35)16-15-18-29(39)43-2)44-22-24(30(40)33-21-28(37)38)34-27(36)20-19-23(32)31(41)42/h7-8,10-14,17,23-26,35H,3-6,9,15-16,18-22,32H2,1-2H3,(H,33,40)(H,34,36)(H,37,38)(H,41,42). The molecule has 4 atom stereocenters. The number of ether oxygens (including phenoxy) is 1. The van der Waals surface area contributed by atoms with Crippen LogP contribution in [-0.4, -0.2) is 87.9 Å². The van der Waals surface area contributed by atoms with Gasteiger partial charge in [-0.2, -0.15) is 0 Å². The van der Waals surface area contributed by atoms with Gasteiger partial charge >= 0.3 is 17.9 Å². The normalized spacial score (nSPS) is 14.5. The summed E-state index contributed by atoms with van der Waals surface area (Å²) in [5.41, 5.74) is 5.45. The molecule has 0 bridgehead atoms. The number of nitrogens with one attached hydrogen (secondary N) is 2. The number of nitrogens with two attached hydrogens (primary N) is 1. The molecule has 4 unspecified atom stereocenters. The van der Waals surface area contributed by atoms with Crippen molar-refractivity contribution in [2.45, 2.75) is 94.6 Å². The van der Waals surface area contributed by atoms with E-state index in [0.717, 1.165) is 24.6 Å². The Kier molecular flexibility index (Phi) is 24.0. The Labute approximate surface area is 264 Å². The number of esters is 1. The van der Waals surface area contributed by atoms with Crippen molar-refractivity contribution in [1.82, 2.24) is 10.6 Å². The topological polar surface area (TPSA) is 205 Å². The molecule has 0 aromatic rings. The number of aliphatic hydroxyl groups excluding tert-OH is 1. The van der Waals surface area contributed by atoms with Crippen LogP contribution in [0, 0.1) is 0 Å². The van der Waals surface area contributed by atoms with E-state index < -0.39 is 59.7 Å². The SMILES string of the molecule is CCCCCC=CCC=CC=CC=CC(SCC(NC(=O)CCC(N)C(=O)O)C(=O)NCC(=O)O)C(O)CCCC(=O)OC. The van der Waals surface area contributed by atoms with Crippen molar-refractivity contribution in [2.75, 3.05) is 19.4 Å². The average Bonchev–Trinajstić information content (AvgIpc) is 2.99. The summed E-state index contributed by atoms with van der Waals surface area (Å²) in [6, 6.07) is -2.42. The third-order valence-corrected chi connectivity index (χ3v) is 7.57. The first kappa shape index (κ1) is 40.6. The van der Waals surface area contributed by atoms with Crippen molar-refractivity contribution in [2.24, 2.45) is 5.73 Å². The molecule has 0 saturated heterocycles. The Morgan fingerprint density at radius 1 is 0.932 bits per heavy atom. The third-order valence-electron chi connectivity index (χ3n) is 6.19. The van der Waals surface area contributed by atoms with Gasteiger partial charge in [-0.05, 0) is 38.5 Å². The molecule has 0 aliphatic carbocycles. The van der Waals surface area contributed by atoms with E-state index in [-0.39, 0.29) is 31.4 Å². The Morgan fingerprint density at radius 3 is 2.32 bits per heavy atom. The molecule has 0 saturated carbocycles. The summed E-state index contributed by atoms with van der Waals surface area (Å²) in [5.74, 6) is -4.34. The molecule has 44 heavy (non-hydrogen) atoms. The van der Waals surface area contributed by atoms with Crippen LogP contribution >= 0.6 is 11.8 Å². The van der Waals surface area contributed by atoms with Crippen LogP contribution in [-0.2, 0) is 28.7 Å². The van der Waals surface area contributed by atoms with Gasteiger partial charge in [-0.25, -0.2) is 0 Å². The Balaban J connectivity index is 5.43. The predicted molar refractivity (Wildman–Crippen MR) is 171 cm³/mol. The van der Waals surface area contributed by atoms with Crippen molar-refractivity contribution in [3.63, 3.8) is 0 Å². The number of aliphatic hydroxyl groups is 1. The van der Waals surface area contributed by atoms with Crippen molar-refractivity contribution in [3.05, 3.63) is 48.6 Å². The second-order valence-corrected chi connectivity index (χ2v) is 11.2. The molecule has 0 spiro atoms. The van der Waals surface area contributed by atoms with E-state index in [1.54, 1.807) is 18.2 Å². The number of hydrogen-bond acceptors (Lipinski definition) is 9. The van der Waals surface area contributed by atoms with Gasteiger partial charge < -0.3 is 36.4 Å². The number of carboxylic acids is 2. The smallest absolute Gasteiger partial charge is 0.322 e. The lowest BCUT2D eigenvalue weighted by Crippen LogP contribution is -2.50. The highest BCUT2D eigenvalue weighted by molar-refractivity contribution is 8.00. The van der Waals surface area contributed by atoms with Crippen LogP contribution in [0.4, 0.5) is 0 Å². The second-order valence-electron chi connectivity index (χ2n) is 9.95. The van der Waals surface area contributed by atoms with Crippen molar-refractivity contribution < 1.29 is 44.0 Å². The van der Waals surface area contributed by atoms with Crippen molar-refractivity contribution >= 4 is 41.5 Å². The highest BCUT2D eigenvalue weighted by Gasteiger charge is 2.25. The Bertz CT molecular complexity index is 998. The summed E-state index contributed by atoms with van der Waals surface area (Å²) in [6.45, 7) is 1.51. The van der Waals surface area contributed by atoms with E-state index in [9.17, 15) is 29.1 Å². The van der Waals surface area contributed by atoms with Gasteiger partial charge in [-0.3, -0.25) is 24.0 Å². The van der Waals surface area contributed by atoms with E-state index in [1.165, 1.54) is 26.4 Å². The molecule has 2 amide bonds. The summed E-state index contributed by atoms with van der Waals surface area (Å²) >= 11 is 1.16. The van der Waals surface area contributed by atoms with E-state index in [1.807, 2.05) is 18.2 Å². The zero-order valence-electron chi connectivity index (χ0n) is 25.7. The third kappa shape index (κ3) is 22.2. The summed E-state index contributed by atoms with van der Waals surface area (Å²) in [5, 5.41) is 32.9. The number of carboxylic acid groups (broad SMARTS) is 2. The maximum absolute atomic E-state index is 12.7. The number of allylic oxidation sites excluding steroid dienone is 7. The van der Waals surface area contributed by atoms with Crippen molar-refractivity contribution in [1.29, 1.82) is 0 Å². The lowest BCUT2D eigenvalue weighted by molar-refractivity contribution is -0.141. The van der Waals surface area contributed by atoms with Gasteiger partial charge in [0, 0.05) is 23.8 Å². The number of aliphatic carboxylic acids is 2. The van der Waals surface area contributed by atoms with Gasteiger partial charge in [0.05, 0.1) is 13.2 Å². The van der Waals surface area contributed by atoms with Crippen LogP contribution < -0.4 is 16.4 Å². The maximum Gasteiger partial charge on any atom is 0.322 e. The number of rotatable bonds is 25. The van der Waals surface area contributed by atoms with Gasteiger partial charge in [0.25, 0.3) is 0 Å². The van der Waals surface area contributed by atoms with Gasteiger partial charge in [-0.1, -0.05) is 68.4 Å². The van der Waals surface area contributed by atoms with Crippen LogP contribution in [0.15, 0.2) is 48.6 Å². The van der Waals surface area contributed by atoms with Crippen LogP contribution in [0.2, 0.25) is 0 Å². The van der Waals surface area contributed by atoms with Crippen LogP contribution in [0.5, 0.6) is 0 Å². The molecule has 0 aliphatic heterocycles. The number of methoxy groups -OCH3 is 1. The molecular formula is C31H49N3O9S. The minimum atomic E-state index is -1.27. The molecule has 0 aliphatic rings. The number of carbonyl (C=O) groups excluding carboxylic acids is 3. The molecule has 0 aromatic heterocycles. The fraction of sp³-hybridized carbons (Fsp3) is 0.581. The first-order valence-electron chi connectivity index (χ1n) is 14.8. The van der Waals surface area contributed by atoms with Crippen molar-refractivity contribution in [3.8, 4) is 0 Å². The molecule has 13 heteroatoms. The first-order valence-corrected chi connectivity index (χ1v) is 15.8. The monoisotopic (exact) mass is 639 g/mol. The van der Waals surface area contributed by atoms with E-state index >= 15 is 0 Å². The largest absolute Gasteiger partial charge is 0.480 e. The quantitative estimate of drug-likeness (QED) is 0.0371. The van der Waals surface area contributed by atoms with Gasteiger partial charge in [0.15, 0.2) is 0 Å². The summed E-state index contributed by atoms with van der Waals surface area (Å²) in [7, 11) is 1.28. The zero-order chi connectivity index (χ0) is 33.2. The Morgan fingerprint density at radius 2 is 1.66 bits per heavy atom. The number of hydrogen-bond donors (Lipinski definition) is 6. The first-order chi connectivity index (χ1) is 21.0. The van der Waals surface area contributed by atoms with Gasteiger partial charge in [0.2, 0.25) is 11.8 Å². The highest BCUT2D eigenvalue weighted by atomic mass is 32.2. The molecule has 0 rings (SSSR count). The molecule has 0 radical (unpaired) electrons. The van der Waals surface area contributed by atoms with Crippen LogP contribution in [0.3, 0.4) is 0 Å². The predicted octanol–water partition coefficient (Wildman–Crippen LogP) is 2.87. The number of unbranched alkanes of at least 4 members (excludes halogenated alkanes) is 3. The number of amides is 2. The van der Waals surface area contributed by atoms with Gasteiger partial charge in [-0.15, -0.1) is 11.8 Å². The molecule has 7 N–H and O–H groups in total. The molecule has 12 nitrogen and oxygen atoms in total. The van der Waals surface area contributed by atoms with E-state index in [4.69, 9.17) is 15.9 Å². The summed E-state index contributed by atoms with van der Waals surface area (Å²) in [4.78, 5) is 58.5. The van der Waals surface area contributed by atoms with Gasteiger partial charge in [0.1, 0.15) is 18.6 Å². The lowest BCUT2D eigenvalue weighted by Gasteiger charge is -2.23. The average molecular weight is 640 g/mol. The minimum Gasteiger partial charge on any atom is -0.480 e. The van der Waals surface area contributed by atoms with E-state index in [0.29, 0.717) is 6.42 Å². The molecule has 0 heterocycles. The Hall–Kier alpha value is -3.42. The minimum absolute atomic E-state index is 0.0283. The lowest BCUT2D eigenvalue weighted by atomic mass is 10.1. The number of carbonyl (C=O) groups is 5. The fourth-order valence-corrected chi connectivity index (χ4v) is 4.84. The fourth-order valence-electron chi connectivity index (χ4n) is 3.63. The molecule has 0 aromatic carbocycles. The molecular weight excluding hydrogens is 590 g/mol. The highest BCUT2D eigenvalue weighted by Crippen LogP contribution is 2.22. The maximum atomic E-state index is 12.7. The number of thioether (sulfide) groups is 1. The second kappa shape index (κ2) is 26.0. The molecule has 248 valence electrons.